The highest BCUT2D eigenvalue weighted by Crippen LogP contribution is 2.34. The third kappa shape index (κ3) is 3.74. The van der Waals surface area contributed by atoms with Crippen molar-refractivity contribution in [2.45, 2.75) is 13.5 Å². The van der Waals surface area contributed by atoms with Crippen molar-refractivity contribution in [2.24, 2.45) is 0 Å². The molecular weight excluding hydrogens is 326 g/mol. The van der Waals surface area contributed by atoms with Crippen LogP contribution in [-0.4, -0.2) is 22.2 Å². The van der Waals surface area contributed by atoms with E-state index >= 15 is 0 Å². The fraction of sp³-hybridized carbons (Fsp3) is 0.176. The SMILES string of the molecule is COc1ccc(-c2cc([N+](=O)[O-])ccc2OCc2noc(C)n2)cc1. The molecule has 2 aromatic carbocycles. The molecule has 25 heavy (non-hydrogen) atoms. The molecule has 3 rings (SSSR count). The summed E-state index contributed by atoms with van der Waals surface area (Å²) >= 11 is 0. The Morgan fingerprint density at radius 2 is 1.96 bits per heavy atom. The number of methoxy groups -OCH3 is 1. The zero-order chi connectivity index (χ0) is 17.8. The van der Waals surface area contributed by atoms with Crippen LogP contribution in [0, 0.1) is 17.0 Å². The van der Waals surface area contributed by atoms with Crippen molar-refractivity contribution in [1.29, 1.82) is 0 Å². The molecule has 128 valence electrons. The molecule has 0 unspecified atom stereocenters. The van der Waals surface area contributed by atoms with Gasteiger partial charge >= 0.3 is 0 Å². The van der Waals surface area contributed by atoms with Crippen LogP contribution >= 0.6 is 0 Å². The van der Waals surface area contributed by atoms with Crippen molar-refractivity contribution in [3.05, 3.63) is 64.3 Å². The molecule has 0 atom stereocenters. The number of non-ortho nitro benzene ring substituents is 1. The number of nitro groups is 1. The second-order valence-corrected chi connectivity index (χ2v) is 5.18. The van der Waals surface area contributed by atoms with E-state index in [9.17, 15) is 10.1 Å². The largest absolute Gasteiger partial charge is 0.497 e. The van der Waals surface area contributed by atoms with E-state index in [0.717, 1.165) is 5.56 Å². The summed E-state index contributed by atoms with van der Waals surface area (Å²) in [6.45, 7) is 1.78. The van der Waals surface area contributed by atoms with Crippen LogP contribution in [-0.2, 0) is 6.61 Å². The number of rotatable bonds is 6. The van der Waals surface area contributed by atoms with Crippen molar-refractivity contribution in [2.75, 3.05) is 7.11 Å². The molecule has 8 heteroatoms. The van der Waals surface area contributed by atoms with Gasteiger partial charge in [0.25, 0.3) is 5.69 Å². The minimum absolute atomic E-state index is 0.0198. The first kappa shape index (κ1) is 16.4. The Morgan fingerprint density at radius 1 is 1.20 bits per heavy atom. The number of ether oxygens (including phenoxy) is 2. The summed E-state index contributed by atoms with van der Waals surface area (Å²) in [7, 11) is 1.57. The molecule has 0 saturated carbocycles. The first-order valence-corrected chi connectivity index (χ1v) is 7.41. The Balaban J connectivity index is 1.94. The molecule has 3 aromatic rings. The Hall–Kier alpha value is -3.42. The lowest BCUT2D eigenvalue weighted by molar-refractivity contribution is -0.384. The lowest BCUT2D eigenvalue weighted by atomic mass is 10.0. The number of nitrogens with zero attached hydrogens (tertiary/aromatic N) is 3. The van der Waals surface area contributed by atoms with E-state index in [-0.39, 0.29) is 12.3 Å². The highest BCUT2D eigenvalue weighted by Gasteiger charge is 2.15. The molecular formula is C17H15N3O5. The summed E-state index contributed by atoms with van der Waals surface area (Å²) in [6.07, 6.45) is 0. The lowest BCUT2D eigenvalue weighted by Gasteiger charge is -2.11. The van der Waals surface area contributed by atoms with E-state index < -0.39 is 4.92 Å². The second kappa shape index (κ2) is 7.00. The van der Waals surface area contributed by atoms with E-state index in [1.807, 2.05) is 12.1 Å². The number of hydrogen-bond acceptors (Lipinski definition) is 7. The van der Waals surface area contributed by atoms with E-state index in [1.54, 1.807) is 32.2 Å². The van der Waals surface area contributed by atoms with Gasteiger partial charge in [0, 0.05) is 24.6 Å². The smallest absolute Gasteiger partial charge is 0.270 e. The van der Waals surface area contributed by atoms with E-state index in [4.69, 9.17) is 14.0 Å². The standard InChI is InChI=1S/C17H15N3O5/c1-11-18-17(19-25-11)10-24-16-8-5-13(20(21)22)9-15(16)12-3-6-14(23-2)7-4-12/h3-9H,10H2,1-2H3. The molecule has 0 bridgehead atoms. The van der Waals surface area contributed by atoms with Crippen molar-refractivity contribution < 1.29 is 18.9 Å². The molecule has 0 spiro atoms. The van der Waals surface area contributed by atoms with Gasteiger partial charge in [-0.2, -0.15) is 4.98 Å². The van der Waals surface area contributed by atoms with Crippen molar-refractivity contribution in [3.63, 3.8) is 0 Å². The first-order chi connectivity index (χ1) is 12.1. The van der Waals surface area contributed by atoms with E-state index in [0.29, 0.717) is 28.8 Å². The van der Waals surface area contributed by atoms with E-state index in [1.165, 1.54) is 12.1 Å². The van der Waals surface area contributed by atoms with Crippen LogP contribution in [0.3, 0.4) is 0 Å². The van der Waals surface area contributed by atoms with Crippen LogP contribution in [0.15, 0.2) is 47.0 Å². The lowest BCUT2D eigenvalue weighted by Crippen LogP contribution is -2.00. The maximum Gasteiger partial charge on any atom is 0.270 e. The van der Waals surface area contributed by atoms with Crippen molar-refractivity contribution >= 4 is 5.69 Å². The van der Waals surface area contributed by atoms with Gasteiger partial charge in [0.1, 0.15) is 11.5 Å². The summed E-state index contributed by atoms with van der Waals surface area (Å²) in [4.78, 5) is 14.7. The van der Waals surface area contributed by atoms with Gasteiger partial charge in [-0.15, -0.1) is 0 Å². The number of aromatic nitrogens is 2. The van der Waals surface area contributed by atoms with Gasteiger partial charge < -0.3 is 14.0 Å². The summed E-state index contributed by atoms with van der Waals surface area (Å²) in [5.74, 6) is 2.02. The quantitative estimate of drug-likeness (QED) is 0.499. The maximum atomic E-state index is 11.1. The molecule has 1 heterocycles. The van der Waals surface area contributed by atoms with Gasteiger partial charge in [0.15, 0.2) is 6.61 Å². The maximum absolute atomic E-state index is 11.1. The fourth-order valence-corrected chi connectivity index (χ4v) is 2.30. The summed E-state index contributed by atoms with van der Waals surface area (Å²) in [5, 5.41) is 14.9. The number of hydrogen-bond donors (Lipinski definition) is 0. The molecule has 8 nitrogen and oxygen atoms in total. The predicted octanol–water partition coefficient (Wildman–Crippen LogP) is 3.54. The molecule has 0 N–H and O–H groups in total. The highest BCUT2D eigenvalue weighted by molar-refractivity contribution is 5.73. The van der Waals surface area contributed by atoms with Crippen LogP contribution in [0.4, 0.5) is 5.69 Å². The van der Waals surface area contributed by atoms with Gasteiger partial charge in [0.2, 0.25) is 11.7 Å². The molecule has 0 radical (unpaired) electrons. The molecule has 0 amide bonds. The number of benzene rings is 2. The van der Waals surface area contributed by atoms with Gasteiger partial charge in [-0.05, 0) is 23.8 Å². The molecule has 0 aliphatic carbocycles. The van der Waals surface area contributed by atoms with Gasteiger partial charge in [0.05, 0.1) is 12.0 Å². The minimum Gasteiger partial charge on any atom is -0.497 e. The zero-order valence-electron chi connectivity index (χ0n) is 13.6. The minimum atomic E-state index is -0.445. The molecule has 0 saturated heterocycles. The van der Waals surface area contributed by atoms with Gasteiger partial charge in [-0.3, -0.25) is 10.1 Å². The van der Waals surface area contributed by atoms with Crippen LogP contribution < -0.4 is 9.47 Å². The van der Waals surface area contributed by atoms with Crippen molar-refractivity contribution in [3.8, 4) is 22.6 Å². The second-order valence-electron chi connectivity index (χ2n) is 5.18. The molecule has 0 aliphatic heterocycles. The topological polar surface area (TPSA) is 101 Å². The van der Waals surface area contributed by atoms with Crippen molar-refractivity contribution in [1.82, 2.24) is 10.1 Å². The van der Waals surface area contributed by atoms with Crippen LogP contribution in [0.2, 0.25) is 0 Å². The monoisotopic (exact) mass is 341 g/mol. The van der Waals surface area contributed by atoms with Crippen LogP contribution in [0.5, 0.6) is 11.5 Å². The predicted molar refractivity (Wildman–Crippen MR) is 88.5 cm³/mol. The summed E-state index contributed by atoms with van der Waals surface area (Å²) in [6, 6.07) is 11.6. The average Bonchev–Trinajstić information content (AvgIpc) is 3.05. The zero-order valence-corrected chi connectivity index (χ0v) is 13.6. The van der Waals surface area contributed by atoms with Crippen LogP contribution in [0.25, 0.3) is 11.1 Å². The number of nitro benzene ring substituents is 1. The fourth-order valence-electron chi connectivity index (χ4n) is 2.30. The normalized spacial score (nSPS) is 10.5. The first-order valence-electron chi connectivity index (χ1n) is 7.41. The van der Waals surface area contributed by atoms with Gasteiger partial charge in [-0.1, -0.05) is 17.3 Å². The van der Waals surface area contributed by atoms with E-state index in [2.05, 4.69) is 10.1 Å². The summed E-state index contributed by atoms with van der Waals surface area (Å²) in [5.41, 5.74) is 1.34. The molecule has 1 aromatic heterocycles. The Bertz CT molecular complexity index is 890. The summed E-state index contributed by atoms with van der Waals surface area (Å²) < 4.78 is 15.8. The Kier molecular flexibility index (Phi) is 4.60. The Labute approximate surface area is 143 Å². The highest BCUT2D eigenvalue weighted by atomic mass is 16.6. The average molecular weight is 341 g/mol. The third-order valence-electron chi connectivity index (χ3n) is 3.50. The molecule has 0 aliphatic rings. The third-order valence-corrected chi connectivity index (χ3v) is 3.50. The Morgan fingerprint density at radius 3 is 2.56 bits per heavy atom. The molecule has 0 fully saturated rings. The van der Waals surface area contributed by atoms with Gasteiger partial charge in [-0.25, -0.2) is 0 Å². The van der Waals surface area contributed by atoms with Crippen LogP contribution in [0.1, 0.15) is 11.7 Å². The number of aryl methyl sites for hydroxylation is 1.